The number of nitrogens with zero attached hydrogens (tertiary/aromatic N) is 3. The summed E-state index contributed by atoms with van der Waals surface area (Å²) >= 11 is 0. The first-order valence-corrected chi connectivity index (χ1v) is 7.49. The molecular weight excluding hydrogens is 300 g/mol. The smallest absolute Gasteiger partial charge is 0.446 e. The number of dihydropyridines is 1. The number of carbonyl (C=O) groups is 3. The third-order valence-electron chi connectivity index (χ3n) is 3.43. The minimum Gasteiger partial charge on any atom is -0.497 e. The lowest BCUT2D eigenvalue weighted by atomic mass is 9.99. The van der Waals surface area contributed by atoms with Gasteiger partial charge in [0.2, 0.25) is 0 Å². The van der Waals surface area contributed by atoms with Crippen molar-refractivity contribution in [1.82, 2.24) is 10.2 Å². The molecular formula is C15H21N4O4+. The molecule has 1 N–H and O–H groups in total. The van der Waals surface area contributed by atoms with Crippen LogP contribution in [0.2, 0.25) is 0 Å². The number of hydrogen-bond donors (Lipinski definition) is 1. The maximum Gasteiger partial charge on any atom is 0.446 e. The van der Waals surface area contributed by atoms with E-state index in [0.29, 0.717) is 18.2 Å². The minimum atomic E-state index is -0.797. The maximum absolute atomic E-state index is 12.7. The van der Waals surface area contributed by atoms with Crippen molar-refractivity contribution < 1.29 is 23.7 Å². The molecule has 0 spiro atoms. The number of allylic oxidation sites excluding steroid dienone is 1. The number of amides is 4. The summed E-state index contributed by atoms with van der Waals surface area (Å²) in [5, 5.41) is 2.67. The molecule has 4 amide bonds. The van der Waals surface area contributed by atoms with E-state index in [2.05, 4.69) is 10.3 Å². The number of imide groups is 1. The Morgan fingerprint density at radius 3 is 2.78 bits per heavy atom. The van der Waals surface area contributed by atoms with Crippen LogP contribution in [0.5, 0.6) is 0 Å². The second kappa shape index (κ2) is 6.72. The molecule has 0 fully saturated rings. The van der Waals surface area contributed by atoms with Crippen LogP contribution >= 0.6 is 0 Å². The van der Waals surface area contributed by atoms with Crippen LogP contribution in [0.15, 0.2) is 16.8 Å². The SMILES string of the molecule is CCOC1=CC=NC2=[N+](C)C(=O)N(CC(=O)NC(C)C)C(=O)C12. The van der Waals surface area contributed by atoms with Crippen LogP contribution in [0.1, 0.15) is 20.8 Å². The number of fused-ring (bicyclic) bond motifs is 1. The molecule has 0 saturated heterocycles. The Balaban J connectivity index is 2.31. The number of amidine groups is 1. The van der Waals surface area contributed by atoms with Gasteiger partial charge in [0.1, 0.15) is 12.0 Å². The largest absolute Gasteiger partial charge is 0.497 e. The van der Waals surface area contributed by atoms with Crippen molar-refractivity contribution >= 4 is 29.9 Å². The van der Waals surface area contributed by atoms with Gasteiger partial charge in [0.15, 0.2) is 12.5 Å². The Hall–Kier alpha value is -2.51. The van der Waals surface area contributed by atoms with Crippen molar-refractivity contribution in [2.75, 3.05) is 20.2 Å². The second-order valence-corrected chi connectivity index (χ2v) is 5.56. The standard InChI is InChI=1S/C15H20N4O4/c1-5-23-10-6-7-16-13-12(10)14(21)19(15(22)18(13)4)8-11(20)17-9(2)3/h6-7,9,12H,5,8H2,1-4H3/p+1. The van der Waals surface area contributed by atoms with Crippen LogP contribution in [-0.4, -0.2) is 65.6 Å². The molecule has 0 radical (unpaired) electrons. The molecule has 23 heavy (non-hydrogen) atoms. The molecule has 2 aliphatic rings. The zero-order valence-corrected chi connectivity index (χ0v) is 13.7. The second-order valence-electron chi connectivity index (χ2n) is 5.56. The van der Waals surface area contributed by atoms with Gasteiger partial charge in [-0.15, -0.1) is 4.99 Å². The van der Waals surface area contributed by atoms with E-state index in [0.717, 1.165) is 4.90 Å². The highest BCUT2D eigenvalue weighted by atomic mass is 16.5. The summed E-state index contributed by atoms with van der Waals surface area (Å²) in [4.78, 5) is 42.1. The van der Waals surface area contributed by atoms with E-state index in [4.69, 9.17) is 4.74 Å². The fourth-order valence-electron chi connectivity index (χ4n) is 2.48. The fourth-order valence-corrected chi connectivity index (χ4v) is 2.48. The maximum atomic E-state index is 12.7. The molecule has 1 atom stereocenters. The van der Waals surface area contributed by atoms with Crippen molar-refractivity contribution in [3.8, 4) is 0 Å². The third kappa shape index (κ3) is 3.30. The molecule has 0 aliphatic carbocycles. The molecule has 0 aromatic heterocycles. The van der Waals surface area contributed by atoms with Crippen LogP contribution in [-0.2, 0) is 14.3 Å². The Bertz CT molecular complexity index is 633. The van der Waals surface area contributed by atoms with Gasteiger partial charge in [0, 0.05) is 12.1 Å². The third-order valence-corrected chi connectivity index (χ3v) is 3.43. The van der Waals surface area contributed by atoms with Crippen molar-refractivity contribution in [1.29, 1.82) is 0 Å². The molecule has 0 aromatic rings. The first kappa shape index (κ1) is 16.9. The molecule has 2 aliphatic heterocycles. The molecule has 0 saturated carbocycles. The summed E-state index contributed by atoms with van der Waals surface area (Å²) in [5.41, 5.74) is 0. The first-order chi connectivity index (χ1) is 10.9. The van der Waals surface area contributed by atoms with Crippen molar-refractivity contribution in [2.24, 2.45) is 10.9 Å². The predicted octanol–water partition coefficient (Wildman–Crippen LogP) is 0.135. The quantitative estimate of drug-likeness (QED) is 0.729. The van der Waals surface area contributed by atoms with Crippen LogP contribution in [0.25, 0.3) is 0 Å². The van der Waals surface area contributed by atoms with Gasteiger partial charge in [-0.2, -0.15) is 9.48 Å². The van der Waals surface area contributed by atoms with E-state index in [1.807, 2.05) is 20.8 Å². The monoisotopic (exact) mass is 321 g/mol. The first-order valence-electron chi connectivity index (χ1n) is 7.49. The fraction of sp³-hybridized carbons (Fsp3) is 0.533. The number of aliphatic imine (C=N–C) groups is 1. The Morgan fingerprint density at radius 2 is 2.17 bits per heavy atom. The highest BCUT2D eigenvalue weighted by Crippen LogP contribution is 2.24. The van der Waals surface area contributed by atoms with Crippen LogP contribution < -0.4 is 5.32 Å². The van der Waals surface area contributed by atoms with Gasteiger partial charge in [-0.3, -0.25) is 9.59 Å². The van der Waals surface area contributed by atoms with E-state index in [1.54, 1.807) is 6.08 Å². The molecule has 2 heterocycles. The summed E-state index contributed by atoms with van der Waals surface area (Å²) in [6, 6.07) is -0.648. The number of hydrogen-bond acceptors (Lipinski definition) is 5. The van der Waals surface area contributed by atoms with Crippen LogP contribution in [0.4, 0.5) is 4.79 Å². The van der Waals surface area contributed by atoms with Crippen LogP contribution in [0.3, 0.4) is 0 Å². The number of nitrogens with one attached hydrogen (secondary N) is 1. The van der Waals surface area contributed by atoms with Crippen molar-refractivity contribution in [3.05, 3.63) is 11.8 Å². The topological polar surface area (TPSA) is 91.1 Å². The van der Waals surface area contributed by atoms with Crippen molar-refractivity contribution in [3.63, 3.8) is 0 Å². The number of rotatable bonds is 5. The zero-order valence-electron chi connectivity index (χ0n) is 13.7. The van der Waals surface area contributed by atoms with E-state index in [1.165, 1.54) is 17.8 Å². The van der Waals surface area contributed by atoms with E-state index in [-0.39, 0.29) is 18.5 Å². The molecule has 1 unspecified atom stereocenters. The minimum absolute atomic E-state index is 0.0736. The average Bonchev–Trinajstić information content (AvgIpc) is 2.49. The van der Waals surface area contributed by atoms with Gasteiger partial charge in [0.05, 0.1) is 13.7 Å². The summed E-state index contributed by atoms with van der Waals surface area (Å²) in [5.74, 6) is -0.949. The van der Waals surface area contributed by atoms with E-state index >= 15 is 0 Å². The Labute approximate surface area is 134 Å². The molecule has 2 rings (SSSR count). The normalized spacial score (nSPS) is 20.7. The summed E-state index contributed by atoms with van der Waals surface area (Å²) in [7, 11) is 1.52. The highest BCUT2D eigenvalue weighted by molar-refractivity contribution is 6.16. The lowest BCUT2D eigenvalue weighted by Crippen LogP contribution is -2.57. The Morgan fingerprint density at radius 1 is 1.48 bits per heavy atom. The van der Waals surface area contributed by atoms with Gasteiger partial charge in [-0.05, 0) is 20.8 Å². The van der Waals surface area contributed by atoms with E-state index < -0.39 is 17.9 Å². The summed E-state index contributed by atoms with van der Waals surface area (Å²) < 4.78 is 6.76. The van der Waals surface area contributed by atoms with Gasteiger partial charge in [-0.1, -0.05) is 0 Å². The highest BCUT2D eigenvalue weighted by Gasteiger charge is 2.50. The van der Waals surface area contributed by atoms with Gasteiger partial charge in [-0.25, -0.2) is 4.79 Å². The lowest BCUT2D eigenvalue weighted by molar-refractivity contribution is -0.408. The van der Waals surface area contributed by atoms with Gasteiger partial charge >= 0.3 is 11.9 Å². The summed E-state index contributed by atoms with van der Waals surface area (Å²) in [6.45, 7) is 5.49. The number of urea groups is 1. The molecule has 8 nitrogen and oxygen atoms in total. The van der Waals surface area contributed by atoms with E-state index in [9.17, 15) is 14.4 Å². The summed E-state index contributed by atoms with van der Waals surface area (Å²) in [6.07, 6.45) is 3.10. The van der Waals surface area contributed by atoms with Crippen LogP contribution in [0, 0.1) is 5.92 Å². The number of carbonyl (C=O) groups excluding carboxylic acids is 3. The number of ether oxygens (including phenoxy) is 1. The molecule has 8 heteroatoms. The molecule has 0 bridgehead atoms. The molecule has 124 valence electrons. The Kier molecular flexibility index (Phi) is 4.92. The van der Waals surface area contributed by atoms with Gasteiger partial charge in [0.25, 0.3) is 11.7 Å². The predicted molar refractivity (Wildman–Crippen MR) is 83.3 cm³/mol. The zero-order chi connectivity index (χ0) is 17.1. The van der Waals surface area contributed by atoms with Crippen molar-refractivity contribution in [2.45, 2.75) is 26.8 Å². The molecule has 0 aromatic carbocycles. The lowest BCUT2D eigenvalue weighted by Gasteiger charge is -2.28. The average molecular weight is 321 g/mol. The van der Waals surface area contributed by atoms with Gasteiger partial charge < -0.3 is 10.1 Å².